The third-order valence-electron chi connectivity index (χ3n) is 6.39. The van der Waals surface area contributed by atoms with Gasteiger partial charge >= 0.3 is 0 Å². The van der Waals surface area contributed by atoms with Crippen molar-refractivity contribution in [3.63, 3.8) is 0 Å². The van der Waals surface area contributed by atoms with Gasteiger partial charge in [-0.25, -0.2) is 0 Å². The molecule has 24 heavy (non-hydrogen) atoms. The van der Waals surface area contributed by atoms with Crippen molar-refractivity contribution in [2.45, 2.75) is 75.1 Å². The minimum Gasteiger partial charge on any atom is -0.472 e. The Bertz CT molecular complexity index is 729. The second kappa shape index (κ2) is 5.91. The molecule has 130 valence electrons. The van der Waals surface area contributed by atoms with Crippen molar-refractivity contribution in [3.05, 3.63) is 23.0 Å². The van der Waals surface area contributed by atoms with Crippen LogP contribution < -0.4 is 5.32 Å². The van der Waals surface area contributed by atoms with Crippen LogP contribution in [0.3, 0.4) is 0 Å². The van der Waals surface area contributed by atoms with Gasteiger partial charge in [-0.1, -0.05) is 18.6 Å². The highest BCUT2D eigenvalue weighted by Crippen LogP contribution is 2.51. The highest BCUT2D eigenvalue weighted by Gasteiger charge is 2.48. The predicted molar refractivity (Wildman–Crippen MR) is 100 cm³/mol. The molecule has 0 aromatic rings. The summed E-state index contributed by atoms with van der Waals surface area (Å²) in [7, 11) is 0. The van der Waals surface area contributed by atoms with Crippen LogP contribution in [0.4, 0.5) is 0 Å². The summed E-state index contributed by atoms with van der Waals surface area (Å²) >= 11 is 2.09. The van der Waals surface area contributed by atoms with E-state index in [4.69, 9.17) is 8.85 Å². The molecule has 5 aliphatic rings. The molecule has 4 aliphatic heterocycles. The van der Waals surface area contributed by atoms with Crippen molar-refractivity contribution in [1.82, 2.24) is 5.32 Å². The first-order valence-corrected chi connectivity index (χ1v) is 10.4. The van der Waals surface area contributed by atoms with Gasteiger partial charge < -0.3 is 10.1 Å². The molecule has 0 amide bonds. The van der Waals surface area contributed by atoms with E-state index in [1.54, 1.807) is 5.57 Å². The maximum atomic E-state index is 7.70. The number of aliphatic imine (C=N–C) groups is 1. The number of ether oxygens (including phenoxy) is 1. The van der Waals surface area contributed by atoms with Crippen molar-refractivity contribution in [2.24, 2.45) is 16.8 Å². The van der Waals surface area contributed by atoms with Gasteiger partial charge in [-0.05, 0) is 50.9 Å². The molecule has 1 aliphatic carbocycles. The average Bonchev–Trinajstić information content (AvgIpc) is 3.19. The molecule has 2 fully saturated rings. The van der Waals surface area contributed by atoms with Gasteiger partial charge in [0.05, 0.1) is 0 Å². The standard InChI is InChI=1S/C20H28N2OS/c1-11-6-7-15-14-4-3-5-16(18(14)23-20(15)22-11)17-19-13(8-9-21-17)10-12(2)24-19/h8,12,14-15,17,19-21H,3-7,9-10H2,1-2H3/t12-,14?,15?,17-,19?,20?/m0/s1/i1D3. The maximum absolute atomic E-state index is 7.70. The Morgan fingerprint density at radius 1 is 1.38 bits per heavy atom. The van der Waals surface area contributed by atoms with Gasteiger partial charge in [0.15, 0.2) is 6.23 Å². The molecule has 0 aromatic carbocycles. The molecule has 2 saturated heterocycles. The molecular weight excluding hydrogens is 316 g/mol. The Hall–Kier alpha value is -0.740. The predicted octanol–water partition coefficient (Wildman–Crippen LogP) is 4.06. The highest BCUT2D eigenvalue weighted by molar-refractivity contribution is 8.01. The number of allylic oxidation sites excluding steroid dienone is 1. The summed E-state index contributed by atoms with van der Waals surface area (Å²) in [5, 5.41) is 4.96. The Morgan fingerprint density at radius 2 is 2.33 bits per heavy atom. The number of nitrogens with zero attached hydrogens (tertiary/aromatic N) is 1. The lowest BCUT2D eigenvalue weighted by Crippen LogP contribution is -2.44. The molecule has 0 radical (unpaired) electrons. The molecule has 0 saturated carbocycles. The van der Waals surface area contributed by atoms with E-state index in [9.17, 15) is 0 Å². The van der Waals surface area contributed by atoms with Gasteiger partial charge in [-0.2, -0.15) is 0 Å². The molecule has 4 heteroatoms. The maximum Gasteiger partial charge on any atom is 0.192 e. The number of hydrogen-bond acceptors (Lipinski definition) is 4. The van der Waals surface area contributed by atoms with Crippen molar-refractivity contribution >= 4 is 17.5 Å². The summed E-state index contributed by atoms with van der Waals surface area (Å²) in [6, 6.07) is 0.365. The first-order valence-electron chi connectivity index (χ1n) is 11.0. The summed E-state index contributed by atoms with van der Waals surface area (Å²) in [5.41, 5.74) is 3.40. The number of fused-ring (bicyclic) bond motifs is 4. The molecule has 5 rings (SSSR count). The van der Waals surface area contributed by atoms with E-state index in [2.05, 4.69) is 35.1 Å². The molecule has 0 spiro atoms. The highest BCUT2D eigenvalue weighted by atomic mass is 32.2. The van der Waals surface area contributed by atoms with Crippen molar-refractivity contribution < 1.29 is 8.85 Å². The minimum atomic E-state index is -2.08. The number of rotatable bonds is 1. The molecule has 6 atom stereocenters. The SMILES string of the molecule is [2H]C([2H])([2H])C1=NC2OC3=C([C@@H]4NCC=C5C[C@H](C)SC54)CCCC3C2CC1. The van der Waals surface area contributed by atoms with Crippen LogP contribution in [0.15, 0.2) is 28.0 Å². The summed E-state index contributed by atoms with van der Waals surface area (Å²) in [6.45, 7) is 1.19. The Balaban J connectivity index is 1.46. The number of nitrogens with one attached hydrogen (secondary N) is 1. The smallest absolute Gasteiger partial charge is 0.192 e. The Kier molecular flexibility index (Phi) is 3.10. The fraction of sp³-hybridized carbons (Fsp3) is 0.750. The lowest BCUT2D eigenvalue weighted by atomic mass is 9.76. The van der Waals surface area contributed by atoms with Crippen LogP contribution in [-0.2, 0) is 4.74 Å². The summed E-state index contributed by atoms with van der Waals surface area (Å²) < 4.78 is 29.5. The van der Waals surface area contributed by atoms with Crippen LogP contribution in [0.2, 0.25) is 0 Å². The fourth-order valence-electron chi connectivity index (χ4n) is 5.34. The molecule has 4 unspecified atom stereocenters. The fourth-order valence-corrected chi connectivity index (χ4v) is 6.92. The normalized spacial score (nSPS) is 46.6. The quantitative estimate of drug-likeness (QED) is 0.726. The van der Waals surface area contributed by atoms with Crippen molar-refractivity contribution in [2.75, 3.05) is 6.54 Å². The minimum absolute atomic E-state index is 0.281. The van der Waals surface area contributed by atoms with Crippen molar-refractivity contribution in [3.8, 4) is 0 Å². The summed E-state index contributed by atoms with van der Waals surface area (Å²) in [4.78, 5) is 4.56. The van der Waals surface area contributed by atoms with Crippen molar-refractivity contribution in [1.29, 1.82) is 0 Å². The van der Waals surface area contributed by atoms with Crippen LogP contribution in [0, 0.1) is 11.8 Å². The summed E-state index contributed by atoms with van der Waals surface area (Å²) in [6.07, 6.45) is 8.24. The van der Waals surface area contributed by atoms with Gasteiger partial charge in [0.2, 0.25) is 0 Å². The Labute approximate surface area is 153 Å². The van der Waals surface area contributed by atoms with E-state index in [0.717, 1.165) is 31.6 Å². The zero-order chi connectivity index (χ0) is 18.8. The van der Waals surface area contributed by atoms with E-state index in [1.807, 2.05) is 0 Å². The largest absolute Gasteiger partial charge is 0.472 e. The molecule has 0 aromatic heterocycles. The molecule has 0 bridgehead atoms. The molecule has 1 N–H and O–H groups in total. The van der Waals surface area contributed by atoms with Gasteiger partial charge in [-0.15, -0.1) is 11.8 Å². The zero-order valence-electron chi connectivity index (χ0n) is 17.3. The van der Waals surface area contributed by atoms with E-state index in [-0.39, 0.29) is 6.23 Å². The van der Waals surface area contributed by atoms with E-state index in [0.29, 0.717) is 40.5 Å². The third kappa shape index (κ3) is 2.40. The van der Waals surface area contributed by atoms with Crippen LogP contribution in [0.1, 0.15) is 56.4 Å². The Morgan fingerprint density at radius 3 is 3.25 bits per heavy atom. The van der Waals surface area contributed by atoms with Gasteiger partial charge in [0, 0.05) is 44.7 Å². The van der Waals surface area contributed by atoms with Crippen LogP contribution >= 0.6 is 11.8 Å². The van der Waals surface area contributed by atoms with Crippen LogP contribution in [0.5, 0.6) is 0 Å². The second-order valence-electron chi connectivity index (χ2n) is 7.91. The third-order valence-corrected chi connectivity index (χ3v) is 7.89. The van der Waals surface area contributed by atoms with E-state index >= 15 is 0 Å². The number of hydrogen-bond donors (Lipinski definition) is 1. The summed E-state index contributed by atoms with van der Waals surface area (Å²) in [5.74, 6) is 1.95. The molecule has 3 nitrogen and oxygen atoms in total. The average molecular weight is 348 g/mol. The van der Waals surface area contributed by atoms with E-state index < -0.39 is 6.85 Å². The van der Waals surface area contributed by atoms with Gasteiger partial charge in [0.1, 0.15) is 5.76 Å². The lowest BCUT2D eigenvalue weighted by molar-refractivity contribution is 0.128. The monoisotopic (exact) mass is 347 g/mol. The van der Waals surface area contributed by atoms with Gasteiger partial charge in [0.25, 0.3) is 0 Å². The first-order chi connectivity index (χ1) is 12.9. The first kappa shape index (κ1) is 12.6. The van der Waals surface area contributed by atoms with Crippen LogP contribution in [-0.4, -0.2) is 35.0 Å². The molecular formula is C20H28N2OS. The van der Waals surface area contributed by atoms with Gasteiger partial charge in [-0.3, -0.25) is 4.99 Å². The van der Waals surface area contributed by atoms with E-state index in [1.165, 1.54) is 18.4 Å². The topological polar surface area (TPSA) is 33.6 Å². The number of thioether (sulfide) groups is 1. The molecule has 4 heterocycles. The van der Waals surface area contributed by atoms with Crippen LogP contribution in [0.25, 0.3) is 0 Å². The second-order valence-corrected chi connectivity index (χ2v) is 9.50. The zero-order valence-corrected chi connectivity index (χ0v) is 15.1. The lowest BCUT2D eigenvalue weighted by Gasteiger charge is -2.35.